The van der Waals surface area contributed by atoms with E-state index in [1.807, 2.05) is 0 Å². The number of benzene rings is 2. The number of anilines is 1. The fraction of sp³-hybridized carbons (Fsp3) is 0.0952. The Morgan fingerprint density at radius 1 is 1.18 bits per heavy atom. The Balaban J connectivity index is 1.66. The van der Waals surface area contributed by atoms with E-state index in [0.29, 0.717) is 15.6 Å². The van der Waals surface area contributed by atoms with Gasteiger partial charge in [0.05, 0.1) is 27.5 Å². The van der Waals surface area contributed by atoms with E-state index in [1.165, 1.54) is 54.7 Å². The summed E-state index contributed by atoms with van der Waals surface area (Å²) in [6.07, 6.45) is 2.80. The highest BCUT2D eigenvalue weighted by atomic mass is 35.5. The summed E-state index contributed by atoms with van der Waals surface area (Å²) in [5.41, 5.74) is 0.588. The van der Waals surface area contributed by atoms with E-state index in [9.17, 15) is 17.6 Å². The van der Waals surface area contributed by atoms with Crippen molar-refractivity contribution in [3.8, 4) is 0 Å². The van der Waals surface area contributed by atoms with Crippen molar-refractivity contribution < 1.29 is 17.6 Å². The smallest absolute Gasteiger partial charge is 0.280 e. The van der Waals surface area contributed by atoms with Crippen molar-refractivity contribution in [2.75, 3.05) is 11.8 Å². The topological polar surface area (TPSA) is 92.3 Å². The maximum Gasteiger partial charge on any atom is 0.280 e. The fourth-order valence-corrected chi connectivity index (χ4v) is 5.46. The van der Waals surface area contributed by atoms with E-state index in [0.717, 1.165) is 17.6 Å². The second-order valence-corrected chi connectivity index (χ2v) is 10.3. The quantitative estimate of drug-likeness (QED) is 0.373. The Kier molecular flexibility index (Phi) is 6.53. The zero-order valence-corrected chi connectivity index (χ0v) is 20.1. The van der Waals surface area contributed by atoms with Crippen LogP contribution in [0.4, 0.5) is 10.1 Å². The number of nitrogens with one attached hydrogen (secondary N) is 1. The number of carbonyl (C=O) groups excluding carboxylic acids is 1. The number of carbonyl (C=O) groups is 1. The fourth-order valence-electron chi connectivity index (χ4n) is 3.14. The molecule has 0 unspecified atom stereocenters. The maximum atomic E-state index is 13.3. The average molecular weight is 525 g/mol. The third-order valence-corrected chi connectivity index (χ3v) is 7.40. The van der Waals surface area contributed by atoms with Crippen molar-refractivity contribution in [2.45, 2.75) is 11.6 Å². The number of hydrogen-bond acceptors (Lipinski definition) is 6. The molecule has 1 amide bonds. The van der Waals surface area contributed by atoms with Crippen LogP contribution in [0.5, 0.6) is 0 Å². The van der Waals surface area contributed by atoms with Gasteiger partial charge in [-0.3, -0.25) is 9.52 Å². The van der Waals surface area contributed by atoms with Crippen molar-refractivity contribution in [1.29, 1.82) is 0 Å². The molecule has 0 aliphatic carbocycles. The van der Waals surface area contributed by atoms with Gasteiger partial charge in [0.2, 0.25) is 0 Å². The van der Waals surface area contributed by atoms with Crippen molar-refractivity contribution in [3.63, 3.8) is 0 Å². The predicted molar refractivity (Wildman–Crippen MR) is 127 cm³/mol. The van der Waals surface area contributed by atoms with E-state index in [4.69, 9.17) is 23.2 Å². The summed E-state index contributed by atoms with van der Waals surface area (Å²) in [7, 11) is -2.63. The van der Waals surface area contributed by atoms with Crippen LogP contribution in [0.2, 0.25) is 10.0 Å². The third kappa shape index (κ3) is 4.93. The van der Waals surface area contributed by atoms with Gasteiger partial charge in [-0.15, -0.1) is 0 Å². The van der Waals surface area contributed by atoms with Gasteiger partial charge in [0.15, 0.2) is 5.03 Å². The SMILES string of the molecule is CN(Cc1ccc(F)cc1Cl)C(=O)c1cc(Cl)ccc1NS(=O)(=O)c1nccc2sncc12. The summed E-state index contributed by atoms with van der Waals surface area (Å²) < 4.78 is 46.6. The molecule has 1 N–H and O–H groups in total. The number of fused-ring (bicyclic) bond motifs is 1. The number of hydrogen-bond donors (Lipinski definition) is 1. The standard InChI is InChI=1S/C21H15Cl2FN4O3S2/c1-28(11-12-2-4-14(24)9-17(12)23)21(29)15-8-13(22)3-5-18(15)27-33(30,31)20-16-10-26-32-19(16)6-7-25-20/h2-10,27H,11H2,1H3. The maximum absolute atomic E-state index is 13.3. The molecule has 7 nitrogen and oxygen atoms in total. The molecule has 0 aliphatic heterocycles. The summed E-state index contributed by atoms with van der Waals surface area (Å²) in [4.78, 5) is 18.5. The number of rotatable bonds is 6. The molecule has 0 saturated heterocycles. The van der Waals surface area contributed by atoms with Gasteiger partial charge in [0.25, 0.3) is 15.9 Å². The highest BCUT2D eigenvalue weighted by Crippen LogP contribution is 2.29. The Morgan fingerprint density at radius 2 is 1.97 bits per heavy atom. The van der Waals surface area contributed by atoms with Gasteiger partial charge < -0.3 is 4.90 Å². The molecule has 0 spiro atoms. The van der Waals surface area contributed by atoms with E-state index < -0.39 is 21.7 Å². The number of halogens is 3. The second-order valence-electron chi connectivity index (χ2n) is 7.05. The van der Waals surface area contributed by atoms with Gasteiger partial charge in [-0.25, -0.2) is 9.37 Å². The molecule has 4 rings (SSSR count). The molecule has 33 heavy (non-hydrogen) atoms. The first kappa shape index (κ1) is 23.4. The van der Waals surface area contributed by atoms with E-state index in [-0.39, 0.29) is 32.9 Å². The summed E-state index contributed by atoms with van der Waals surface area (Å²) in [5.74, 6) is -1.01. The Hall–Kier alpha value is -2.79. The van der Waals surface area contributed by atoms with Crippen LogP contribution in [0.1, 0.15) is 15.9 Å². The van der Waals surface area contributed by atoms with Gasteiger partial charge in [0.1, 0.15) is 5.82 Å². The van der Waals surface area contributed by atoms with Crippen LogP contribution < -0.4 is 4.72 Å². The average Bonchev–Trinajstić information content (AvgIpc) is 3.25. The largest absolute Gasteiger partial charge is 0.337 e. The Bertz CT molecular complexity index is 1480. The van der Waals surface area contributed by atoms with Gasteiger partial charge in [-0.05, 0) is 53.5 Å². The molecular formula is C21H15Cl2FN4O3S2. The molecular weight excluding hydrogens is 510 g/mol. The van der Waals surface area contributed by atoms with Crippen molar-refractivity contribution in [2.24, 2.45) is 0 Å². The number of nitrogens with zero attached hydrogens (tertiary/aromatic N) is 3. The normalized spacial score (nSPS) is 11.5. The lowest BCUT2D eigenvalue weighted by Gasteiger charge is -2.20. The van der Waals surface area contributed by atoms with Crippen LogP contribution in [-0.4, -0.2) is 35.6 Å². The minimum absolute atomic E-state index is 0.0300. The molecule has 2 aromatic heterocycles. The lowest BCUT2D eigenvalue weighted by molar-refractivity contribution is 0.0786. The number of aromatic nitrogens is 2. The summed E-state index contributed by atoms with van der Waals surface area (Å²) in [6.45, 7) is 0.0675. The Labute approximate surface area is 203 Å². The van der Waals surface area contributed by atoms with Crippen LogP contribution in [0.15, 0.2) is 59.9 Å². The molecule has 0 saturated carbocycles. The van der Waals surface area contributed by atoms with Crippen molar-refractivity contribution in [3.05, 3.63) is 81.8 Å². The molecule has 170 valence electrons. The van der Waals surface area contributed by atoms with Crippen LogP contribution in [-0.2, 0) is 16.6 Å². The summed E-state index contributed by atoms with van der Waals surface area (Å²) >= 11 is 13.3. The van der Waals surface area contributed by atoms with Crippen molar-refractivity contribution in [1.82, 2.24) is 14.3 Å². The molecule has 0 fully saturated rings. The molecule has 12 heteroatoms. The summed E-state index contributed by atoms with van der Waals surface area (Å²) in [6, 6.07) is 9.77. The first-order valence-corrected chi connectivity index (χ1v) is 12.4. The van der Waals surface area contributed by atoms with Crippen LogP contribution in [0, 0.1) is 5.82 Å². The van der Waals surface area contributed by atoms with E-state index in [1.54, 1.807) is 6.07 Å². The molecule has 0 aliphatic rings. The predicted octanol–water partition coefficient (Wildman–Crippen LogP) is 5.21. The van der Waals surface area contributed by atoms with Gasteiger partial charge >= 0.3 is 0 Å². The Morgan fingerprint density at radius 3 is 2.73 bits per heavy atom. The first-order chi connectivity index (χ1) is 15.7. The van der Waals surface area contributed by atoms with Crippen molar-refractivity contribution >= 4 is 66.4 Å². The minimum atomic E-state index is -4.15. The second kappa shape index (κ2) is 9.22. The number of amides is 1. The highest BCUT2D eigenvalue weighted by Gasteiger charge is 2.24. The first-order valence-electron chi connectivity index (χ1n) is 9.37. The monoisotopic (exact) mass is 524 g/mol. The minimum Gasteiger partial charge on any atom is -0.337 e. The van der Waals surface area contributed by atoms with Gasteiger partial charge in [-0.2, -0.15) is 12.8 Å². The highest BCUT2D eigenvalue weighted by molar-refractivity contribution is 7.92. The van der Waals surface area contributed by atoms with Gasteiger partial charge in [-0.1, -0.05) is 29.3 Å². The third-order valence-electron chi connectivity index (χ3n) is 4.73. The molecule has 0 bridgehead atoms. The van der Waals surface area contributed by atoms with E-state index >= 15 is 0 Å². The molecule has 2 heterocycles. The lowest BCUT2D eigenvalue weighted by Crippen LogP contribution is -2.28. The van der Waals surface area contributed by atoms with Gasteiger partial charge in [0, 0.05) is 29.8 Å². The molecule has 0 atom stereocenters. The van der Waals surface area contributed by atoms with Crippen LogP contribution in [0.25, 0.3) is 10.1 Å². The number of sulfonamides is 1. The van der Waals surface area contributed by atoms with Crippen LogP contribution in [0.3, 0.4) is 0 Å². The zero-order chi connectivity index (χ0) is 23.8. The zero-order valence-electron chi connectivity index (χ0n) is 16.9. The molecule has 4 aromatic rings. The number of pyridine rings is 1. The van der Waals surface area contributed by atoms with Crippen LogP contribution >= 0.6 is 34.7 Å². The molecule has 2 aromatic carbocycles. The molecule has 0 radical (unpaired) electrons. The van der Waals surface area contributed by atoms with E-state index in [2.05, 4.69) is 14.1 Å². The summed E-state index contributed by atoms with van der Waals surface area (Å²) in [5, 5.41) is 0.593. The lowest BCUT2D eigenvalue weighted by atomic mass is 10.1.